The molecular formula is C21H21N3O2. The zero-order chi connectivity index (χ0) is 18.1. The number of aromatic nitrogens is 2. The SMILES string of the molecule is COc1ccccc1C(=O)N1Cc2ccccc2C(c2cnn(C)c2)C1. The highest BCUT2D eigenvalue weighted by atomic mass is 16.5. The van der Waals surface area contributed by atoms with E-state index in [1.807, 2.05) is 54.7 Å². The van der Waals surface area contributed by atoms with Gasteiger partial charge in [-0.2, -0.15) is 5.10 Å². The van der Waals surface area contributed by atoms with Crippen molar-refractivity contribution in [3.05, 3.63) is 83.2 Å². The van der Waals surface area contributed by atoms with Crippen molar-refractivity contribution >= 4 is 5.91 Å². The molecule has 0 saturated carbocycles. The van der Waals surface area contributed by atoms with E-state index in [0.29, 0.717) is 24.4 Å². The van der Waals surface area contributed by atoms with Gasteiger partial charge in [-0.05, 0) is 28.8 Å². The zero-order valence-electron chi connectivity index (χ0n) is 14.9. The Morgan fingerprint density at radius 2 is 1.92 bits per heavy atom. The van der Waals surface area contributed by atoms with Gasteiger partial charge in [0, 0.05) is 32.3 Å². The summed E-state index contributed by atoms with van der Waals surface area (Å²) in [6.45, 7) is 1.23. The first-order valence-electron chi connectivity index (χ1n) is 8.66. The van der Waals surface area contributed by atoms with Gasteiger partial charge < -0.3 is 9.64 Å². The summed E-state index contributed by atoms with van der Waals surface area (Å²) in [6.07, 6.45) is 3.91. The van der Waals surface area contributed by atoms with Crippen molar-refractivity contribution in [1.29, 1.82) is 0 Å². The minimum absolute atomic E-state index is 0.00848. The lowest BCUT2D eigenvalue weighted by atomic mass is 9.86. The van der Waals surface area contributed by atoms with Crippen molar-refractivity contribution in [2.75, 3.05) is 13.7 Å². The highest BCUT2D eigenvalue weighted by Gasteiger charge is 2.31. The normalized spacial score (nSPS) is 16.2. The standard InChI is InChI=1S/C21H21N3O2/c1-23-12-16(11-22-23)19-14-24(13-15-7-3-4-8-17(15)19)21(25)18-9-5-6-10-20(18)26-2/h3-12,19H,13-14H2,1-2H3. The minimum Gasteiger partial charge on any atom is -0.496 e. The van der Waals surface area contributed by atoms with Gasteiger partial charge >= 0.3 is 0 Å². The third-order valence-corrected chi connectivity index (χ3v) is 4.95. The molecule has 0 N–H and O–H groups in total. The van der Waals surface area contributed by atoms with Crippen LogP contribution in [0, 0.1) is 0 Å². The van der Waals surface area contributed by atoms with Crippen LogP contribution in [0.2, 0.25) is 0 Å². The first-order chi connectivity index (χ1) is 12.7. The van der Waals surface area contributed by atoms with E-state index < -0.39 is 0 Å². The molecule has 0 spiro atoms. The smallest absolute Gasteiger partial charge is 0.257 e. The van der Waals surface area contributed by atoms with Gasteiger partial charge in [-0.25, -0.2) is 0 Å². The number of carbonyl (C=O) groups excluding carboxylic acids is 1. The fraction of sp³-hybridized carbons (Fsp3) is 0.238. The number of aryl methyl sites for hydroxylation is 1. The molecule has 1 unspecified atom stereocenters. The number of benzene rings is 2. The van der Waals surface area contributed by atoms with Crippen LogP contribution in [0.15, 0.2) is 60.9 Å². The number of para-hydroxylation sites is 1. The minimum atomic E-state index is -0.00848. The molecule has 1 amide bonds. The van der Waals surface area contributed by atoms with E-state index in [-0.39, 0.29) is 11.8 Å². The van der Waals surface area contributed by atoms with Crippen LogP contribution in [0.25, 0.3) is 0 Å². The molecule has 132 valence electrons. The van der Waals surface area contributed by atoms with Gasteiger partial charge in [-0.3, -0.25) is 9.48 Å². The van der Waals surface area contributed by atoms with E-state index in [9.17, 15) is 4.79 Å². The summed E-state index contributed by atoms with van der Waals surface area (Å²) in [6, 6.07) is 15.7. The van der Waals surface area contributed by atoms with Gasteiger partial charge in [0.25, 0.3) is 5.91 Å². The summed E-state index contributed by atoms with van der Waals surface area (Å²) in [5.74, 6) is 0.715. The quantitative estimate of drug-likeness (QED) is 0.731. The van der Waals surface area contributed by atoms with Crippen LogP contribution in [-0.4, -0.2) is 34.2 Å². The van der Waals surface area contributed by atoms with E-state index in [0.717, 1.165) is 5.56 Å². The number of rotatable bonds is 3. The zero-order valence-corrected chi connectivity index (χ0v) is 14.9. The van der Waals surface area contributed by atoms with Crippen LogP contribution in [0.3, 0.4) is 0 Å². The molecule has 26 heavy (non-hydrogen) atoms. The Morgan fingerprint density at radius 1 is 1.15 bits per heavy atom. The predicted molar refractivity (Wildman–Crippen MR) is 99.2 cm³/mol. The van der Waals surface area contributed by atoms with Crippen LogP contribution in [0.4, 0.5) is 0 Å². The molecule has 4 rings (SSSR count). The second kappa shape index (κ2) is 6.67. The van der Waals surface area contributed by atoms with Crippen LogP contribution in [0.5, 0.6) is 5.75 Å². The summed E-state index contributed by atoms with van der Waals surface area (Å²) < 4.78 is 7.19. The Kier molecular flexibility index (Phi) is 4.21. The van der Waals surface area contributed by atoms with Gasteiger partial charge in [-0.15, -0.1) is 0 Å². The molecule has 0 aliphatic carbocycles. The van der Waals surface area contributed by atoms with Crippen molar-refractivity contribution in [3.8, 4) is 5.75 Å². The van der Waals surface area contributed by atoms with Gasteiger partial charge in [0.2, 0.25) is 0 Å². The van der Waals surface area contributed by atoms with Gasteiger partial charge in [-0.1, -0.05) is 36.4 Å². The summed E-state index contributed by atoms with van der Waals surface area (Å²) >= 11 is 0. The van der Waals surface area contributed by atoms with Crippen molar-refractivity contribution in [2.45, 2.75) is 12.5 Å². The molecule has 3 aromatic rings. The van der Waals surface area contributed by atoms with Gasteiger partial charge in [0.1, 0.15) is 5.75 Å². The number of fused-ring (bicyclic) bond motifs is 1. The van der Waals surface area contributed by atoms with Gasteiger partial charge in [0.15, 0.2) is 0 Å². The number of ether oxygens (including phenoxy) is 1. The first-order valence-corrected chi connectivity index (χ1v) is 8.66. The largest absolute Gasteiger partial charge is 0.496 e. The van der Waals surface area contributed by atoms with E-state index >= 15 is 0 Å². The fourth-order valence-corrected chi connectivity index (χ4v) is 3.66. The maximum Gasteiger partial charge on any atom is 0.257 e. The molecule has 0 fully saturated rings. The average molecular weight is 347 g/mol. The van der Waals surface area contributed by atoms with Crippen molar-refractivity contribution in [1.82, 2.24) is 14.7 Å². The van der Waals surface area contributed by atoms with Crippen LogP contribution < -0.4 is 4.74 Å². The molecule has 0 saturated heterocycles. The molecule has 1 aromatic heterocycles. The Labute approximate surface area is 152 Å². The molecular weight excluding hydrogens is 326 g/mol. The van der Waals surface area contributed by atoms with Crippen LogP contribution in [-0.2, 0) is 13.6 Å². The molecule has 5 heteroatoms. The Balaban J connectivity index is 1.72. The summed E-state index contributed by atoms with van der Waals surface area (Å²) in [4.78, 5) is 15.1. The van der Waals surface area contributed by atoms with E-state index in [2.05, 4.69) is 23.3 Å². The number of methoxy groups -OCH3 is 1. The molecule has 2 aromatic carbocycles. The van der Waals surface area contributed by atoms with E-state index in [4.69, 9.17) is 4.74 Å². The number of nitrogens with zero attached hydrogens (tertiary/aromatic N) is 3. The topological polar surface area (TPSA) is 47.4 Å². The second-order valence-corrected chi connectivity index (χ2v) is 6.58. The number of amides is 1. The van der Waals surface area contributed by atoms with Crippen molar-refractivity contribution < 1.29 is 9.53 Å². The lowest BCUT2D eigenvalue weighted by Gasteiger charge is -2.34. The molecule has 2 heterocycles. The van der Waals surface area contributed by atoms with Gasteiger partial charge in [0.05, 0.1) is 18.9 Å². The molecule has 0 radical (unpaired) electrons. The maximum absolute atomic E-state index is 13.2. The third-order valence-electron chi connectivity index (χ3n) is 4.95. The van der Waals surface area contributed by atoms with Crippen LogP contribution >= 0.6 is 0 Å². The number of carbonyl (C=O) groups is 1. The van der Waals surface area contributed by atoms with Crippen molar-refractivity contribution in [3.63, 3.8) is 0 Å². The molecule has 1 aliphatic rings. The lowest BCUT2D eigenvalue weighted by molar-refractivity contribution is 0.0721. The Hall–Kier alpha value is -3.08. The Morgan fingerprint density at radius 3 is 2.69 bits per heavy atom. The summed E-state index contributed by atoms with van der Waals surface area (Å²) in [7, 11) is 3.51. The van der Waals surface area contributed by atoms with E-state index in [1.165, 1.54) is 11.1 Å². The average Bonchev–Trinajstić information content (AvgIpc) is 3.12. The summed E-state index contributed by atoms with van der Waals surface area (Å²) in [5.41, 5.74) is 4.16. The predicted octanol–water partition coefficient (Wildman–Crippen LogP) is 3.22. The molecule has 0 bridgehead atoms. The molecule has 1 aliphatic heterocycles. The van der Waals surface area contributed by atoms with Crippen molar-refractivity contribution in [2.24, 2.45) is 7.05 Å². The number of hydrogen-bond donors (Lipinski definition) is 0. The third kappa shape index (κ3) is 2.86. The first kappa shape index (κ1) is 16.4. The highest BCUT2D eigenvalue weighted by molar-refractivity contribution is 5.97. The highest BCUT2D eigenvalue weighted by Crippen LogP contribution is 2.34. The monoisotopic (exact) mass is 347 g/mol. The van der Waals surface area contributed by atoms with E-state index in [1.54, 1.807) is 11.8 Å². The number of hydrogen-bond acceptors (Lipinski definition) is 3. The lowest BCUT2D eigenvalue weighted by Crippen LogP contribution is -2.38. The second-order valence-electron chi connectivity index (χ2n) is 6.58. The maximum atomic E-state index is 13.2. The van der Waals surface area contributed by atoms with Crippen LogP contribution in [0.1, 0.15) is 33.0 Å². The summed E-state index contributed by atoms with van der Waals surface area (Å²) in [5, 5.41) is 4.31. The molecule has 1 atom stereocenters. The fourth-order valence-electron chi connectivity index (χ4n) is 3.66. The Bertz CT molecular complexity index is 948. The molecule has 5 nitrogen and oxygen atoms in total.